The molecule has 170 valence electrons. The van der Waals surface area contributed by atoms with E-state index in [9.17, 15) is 0 Å². The monoisotopic (exact) mass is 414 g/mol. The highest BCUT2D eigenvalue weighted by molar-refractivity contribution is 5.61. The lowest BCUT2D eigenvalue weighted by Crippen LogP contribution is -2.29. The van der Waals surface area contributed by atoms with Gasteiger partial charge in [0.15, 0.2) is 0 Å². The zero-order valence-corrected chi connectivity index (χ0v) is 20.8. The van der Waals surface area contributed by atoms with E-state index in [4.69, 9.17) is 10.5 Å². The molecule has 0 saturated heterocycles. The Morgan fingerprint density at radius 3 is 2.20 bits per heavy atom. The van der Waals surface area contributed by atoms with Crippen LogP contribution in [0.4, 0.5) is 11.4 Å². The highest BCUT2D eigenvalue weighted by Crippen LogP contribution is 2.28. The summed E-state index contributed by atoms with van der Waals surface area (Å²) < 4.78 is 5.52. The van der Waals surface area contributed by atoms with Crippen molar-refractivity contribution >= 4 is 11.4 Å². The van der Waals surface area contributed by atoms with Gasteiger partial charge in [0.2, 0.25) is 0 Å². The van der Waals surface area contributed by atoms with Crippen molar-refractivity contribution in [1.29, 1.82) is 0 Å². The van der Waals surface area contributed by atoms with Crippen molar-refractivity contribution in [3.05, 3.63) is 53.6 Å². The van der Waals surface area contributed by atoms with Gasteiger partial charge in [-0.1, -0.05) is 66.2 Å². The van der Waals surface area contributed by atoms with Gasteiger partial charge in [-0.15, -0.1) is 0 Å². The minimum Gasteiger partial charge on any atom is -0.493 e. The number of benzene rings is 2. The smallest absolute Gasteiger partial charge is 0.119 e. The van der Waals surface area contributed by atoms with Gasteiger partial charge in [0.05, 0.1) is 6.61 Å². The van der Waals surface area contributed by atoms with Gasteiger partial charge < -0.3 is 15.4 Å². The van der Waals surface area contributed by atoms with E-state index < -0.39 is 0 Å². The van der Waals surface area contributed by atoms with Gasteiger partial charge in [0.1, 0.15) is 5.75 Å². The molecule has 0 radical (unpaired) electrons. The molecule has 0 fully saturated rings. The summed E-state index contributed by atoms with van der Waals surface area (Å²) in [5, 5.41) is 0. The molecule has 30 heavy (non-hydrogen) atoms. The Labute approximate surface area is 186 Å². The Kier molecular flexibility index (Phi) is 15.4. The minimum atomic E-state index is 0.589. The summed E-state index contributed by atoms with van der Waals surface area (Å²) in [6.45, 7) is 19.8. The number of hydrogen-bond acceptors (Lipinski definition) is 3. The van der Waals surface area contributed by atoms with Crippen molar-refractivity contribution in [2.45, 2.75) is 74.7 Å². The zero-order chi connectivity index (χ0) is 22.9. The topological polar surface area (TPSA) is 38.5 Å². The molecule has 0 atom stereocenters. The van der Waals surface area contributed by atoms with Crippen LogP contribution in [-0.4, -0.2) is 19.7 Å². The van der Waals surface area contributed by atoms with E-state index >= 15 is 0 Å². The molecule has 3 heteroatoms. The second-order valence-corrected chi connectivity index (χ2v) is 7.50. The average molecular weight is 415 g/mol. The summed E-state index contributed by atoms with van der Waals surface area (Å²) in [6, 6.07) is 14.4. The summed E-state index contributed by atoms with van der Waals surface area (Å²) in [5.41, 5.74) is 10.8. The van der Waals surface area contributed by atoms with Gasteiger partial charge >= 0.3 is 0 Å². The third-order valence-corrected chi connectivity index (χ3v) is 4.42. The summed E-state index contributed by atoms with van der Waals surface area (Å²) in [4.78, 5) is 2.47. The van der Waals surface area contributed by atoms with Crippen molar-refractivity contribution in [2.75, 3.05) is 30.3 Å². The zero-order valence-electron chi connectivity index (χ0n) is 20.8. The van der Waals surface area contributed by atoms with Crippen molar-refractivity contribution in [2.24, 2.45) is 5.92 Å². The van der Waals surface area contributed by atoms with Crippen LogP contribution in [0.25, 0.3) is 0 Å². The molecular formula is C27H46N2O. The first-order chi connectivity index (χ1) is 14.5. The number of aryl methyl sites for hydroxylation is 2. The van der Waals surface area contributed by atoms with E-state index in [-0.39, 0.29) is 0 Å². The summed E-state index contributed by atoms with van der Waals surface area (Å²) in [6.07, 6.45) is 3.65. The van der Waals surface area contributed by atoms with E-state index in [1.54, 1.807) is 0 Å². The predicted molar refractivity (Wildman–Crippen MR) is 136 cm³/mol. The molecule has 0 aromatic heterocycles. The van der Waals surface area contributed by atoms with Crippen molar-refractivity contribution in [1.82, 2.24) is 0 Å². The van der Waals surface area contributed by atoms with Crippen molar-refractivity contribution in [3.63, 3.8) is 0 Å². The van der Waals surface area contributed by atoms with E-state index in [0.717, 1.165) is 24.6 Å². The van der Waals surface area contributed by atoms with E-state index in [2.05, 4.69) is 56.9 Å². The van der Waals surface area contributed by atoms with Crippen LogP contribution in [0.15, 0.2) is 42.5 Å². The standard InChI is InChI=1S/C12H18N2.C11H16O.2C2H6/c1-2-7-14-8-3-4-10-9-11(13)5-6-12(10)14;1-9(2)8-12-11-6-4-10(3)5-7-11;2*1-2/h5-6,9H,2-4,7-8,13H2,1H3;4-7,9H,8H2,1-3H3;2*1-2H3. The number of fused-ring (bicyclic) bond motifs is 1. The van der Waals surface area contributed by atoms with Crippen LogP contribution < -0.4 is 15.4 Å². The van der Waals surface area contributed by atoms with Gasteiger partial charge in [0, 0.05) is 24.5 Å². The molecule has 1 aliphatic heterocycles. The Hall–Kier alpha value is -2.16. The van der Waals surface area contributed by atoms with Gasteiger partial charge in [0.25, 0.3) is 0 Å². The second kappa shape index (κ2) is 16.6. The Bertz CT molecular complexity index is 665. The SMILES string of the molecule is CC.CC.CCCN1CCCc2cc(N)ccc21.Cc1ccc(OCC(C)C)cc1. The molecule has 3 rings (SSSR count). The second-order valence-electron chi connectivity index (χ2n) is 7.50. The molecule has 1 aliphatic rings. The fraction of sp³-hybridized carbons (Fsp3) is 0.556. The first kappa shape index (κ1) is 27.8. The molecular weight excluding hydrogens is 368 g/mol. The highest BCUT2D eigenvalue weighted by atomic mass is 16.5. The van der Waals surface area contributed by atoms with Crippen molar-refractivity contribution in [3.8, 4) is 5.75 Å². The predicted octanol–water partition coefficient (Wildman–Crippen LogP) is 7.51. The summed E-state index contributed by atoms with van der Waals surface area (Å²) in [7, 11) is 0. The van der Waals surface area contributed by atoms with Crippen LogP contribution in [0.5, 0.6) is 5.75 Å². The molecule has 3 nitrogen and oxygen atoms in total. The maximum absolute atomic E-state index is 5.78. The van der Waals surface area contributed by atoms with E-state index in [1.807, 2.05) is 45.9 Å². The molecule has 0 aliphatic carbocycles. The first-order valence-corrected chi connectivity index (χ1v) is 11.8. The fourth-order valence-corrected chi connectivity index (χ4v) is 3.09. The summed E-state index contributed by atoms with van der Waals surface area (Å²) >= 11 is 0. The molecule has 0 unspecified atom stereocenters. The molecule has 0 saturated carbocycles. The highest BCUT2D eigenvalue weighted by Gasteiger charge is 2.15. The van der Waals surface area contributed by atoms with Crippen LogP contribution >= 0.6 is 0 Å². The Morgan fingerprint density at radius 1 is 1.00 bits per heavy atom. The lowest BCUT2D eigenvalue weighted by atomic mass is 10.0. The van der Waals surface area contributed by atoms with Crippen molar-refractivity contribution < 1.29 is 4.74 Å². The van der Waals surface area contributed by atoms with E-state index in [1.165, 1.54) is 42.6 Å². The fourth-order valence-electron chi connectivity index (χ4n) is 3.09. The van der Waals surface area contributed by atoms with Crippen LogP contribution in [0.2, 0.25) is 0 Å². The van der Waals surface area contributed by atoms with Gasteiger partial charge in [-0.3, -0.25) is 0 Å². The molecule has 1 heterocycles. The molecule has 2 aromatic rings. The number of hydrogen-bond donors (Lipinski definition) is 1. The van der Waals surface area contributed by atoms with Gasteiger partial charge in [-0.2, -0.15) is 0 Å². The molecule has 2 N–H and O–H groups in total. The van der Waals surface area contributed by atoms with Crippen LogP contribution in [-0.2, 0) is 6.42 Å². The number of nitrogens with zero attached hydrogens (tertiary/aromatic N) is 1. The number of nitrogen functional groups attached to an aromatic ring is 1. The third kappa shape index (κ3) is 10.6. The lowest BCUT2D eigenvalue weighted by Gasteiger charge is -2.31. The molecule has 0 spiro atoms. The number of rotatable bonds is 5. The van der Waals surface area contributed by atoms with Crippen LogP contribution in [0.1, 0.15) is 72.4 Å². The Morgan fingerprint density at radius 2 is 1.63 bits per heavy atom. The first-order valence-electron chi connectivity index (χ1n) is 11.8. The average Bonchev–Trinajstić information content (AvgIpc) is 2.77. The summed E-state index contributed by atoms with van der Waals surface area (Å²) in [5.74, 6) is 1.56. The number of anilines is 2. The maximum Gasteiger partial charge on any atom is 0.119 e. The largest absolute Gasteiger partial charge is 0.493 e. The maximum atomic E-state index is 5.78. The normalized spacial score (nSPS) is 11.7. The minimum absolute atomic E-state index is 0.589. The van der Waals surface area contributed by atoms with Gasteiger partial charge in [-0.05, 0) is 68.0 Å². The van der Waals surface area contributed by atoms with Crippen LogP contribution in [0.3, 0.4) is 0 Å². The lowest BCUT2D eigenvalue weighted by molar-refractivity contribution is 0.271. The van der Waals surface area contributed by atoms with Crippen LogP contribution in [0, 0.1) is 12.8 Å². The van der Waals surface area contributed by atoms with Gasteiger partial charge in [-0.25, -0.2) is 0 Å². The Balaban J connectivity index is 0.000000486. The number of ether oxygens (including phenoxy) is 1. The molecule has 0 amide bonds. The van der Waals surface area contributed by atoms with E-state index in [0.29, 0.717) is 5.92 Å². The molecule has 2 aromatic carbocycles. The molecule has 0 bridgehead atoms. The quantitative estimate of drug-likeness (QED) is 0.514. The third-order valence-electron chi connectivity index (χ3n) is 4.42. The number of nitrogens with two attached hydrogens (primary N) is 1.